The Hall–Kier alpha value is -4.34. The smallest absolute Gasteiger partial charge is 0.260 e. The molecule has 2 aliphatic heterocycles. The SMILES string of the molecule is COc1ccc([C@@]23C(=O)N(Nc4ccc(Cl)cc4Cl)C(=O)[C@@H]2C[C@@H]2C(=CC[C@@H]4C(=O)N(C5CCCCC5)C(=O)[C@@H]42)[C@@H]3c2ccc(O)cc2)cc1. The Morgan fingerprint density at radius 2 is 1.58 bits per heavy atom. The van der Waals surface area contributed by atoms with Crippen LogP contribution in [0.4, 0.5) is 5.69 Å². The predicted molar refractivity (Wildman–Crippen MR) is 187 cm³/mol. The summed E-state index contributed by atoms with van der Waals surface area (Å²) in [6, 6.07) is 18.5. The van der Waals surface area contributed by atoms with Crippen molar-refractivity contribution >= 4 is 52.5 Å². The number of nitrogens with one attached hydrogen (secondary N) is 1. The first-order chi connectivity index (χ1) is 24.1. The van der Waals surface area contributed by atoms with Crippen LogP contribution in [-0.2, 0) is 24.6 Å². The molecule has 4 amide bonds. The molecule has 0 bridgehead atoms. The summed E-state index contributed by atoms with van der Waals surface area (Å²) in [4.78, 5) is 60.1. The van der Waals surface area contributed by atoms with E-state index in [1.165, 1.54) is 6.07 Å². The Balaban J connectivity index is 1.30. The Morgan fingerprint density at radius 1 is 0.860 bits per heavy atom. The second kappa shape index (κ2) is 12.5. The number of ether oxygens (including phenoxy) is 1. The van der Waals surface area contributed by atoms with Gasteiger partial charge in [0.05, 0.1) is 41.0 Å². The van der Waals surface area contributed by atoms with Crippen LogP contribution in [-0.4, -0.2) is 51.8 Å². The summed E-state index contributed by atoms with van der Waals surface area (Å²) >= 11 is 12.7. The van der Waals surface area contributed by atoms with Crippen molar-refractivity contribution in [1.82, 2.24) is 9.91 Å². The van der Waals surface area contributed by atoms with E-state index in [1.807, 2.05) is 18.2 Å². The predicted octanol–water partition coefficient (Wildman–Crippen LogP) is 7.03. The summed E-state index contributed by atoms with van der Waals surface area (Å²) in [5.41, 5.74) is 4.09. The molecule has 2 saturated carbocycles. The third kappa shape index (κ3) is 4.88. The number of fused-ring (bicyclic) bond motifs is 4. The summed E-state index contributed by atoms with van der Waals surface area (Å²) in [5, 5.41) is 12.0. The van der Waals surface area contributed by atoms with Crippen molar-refractivity contribution in [3.05, 3.63) is 99.6 Å². The highest BCUT2D eigenvalue weighted by atomic mass is 35.5. The molecule has 50 heavy (non-hydrogen) atoms. The van der Waals surface area contributed by atoms with Crippen molar-refractivity contribution in [2.75, 3.05) is 12.5 Å². The number of allylic oxidation sites excluding steroid dienone is 2. The lowest BCUT2D eigenvalue weighted by Crippen LogP contribution is -2.53. The van der Waals surface area contributed by atoms with E-state index in [-0.39, 0.29) is 35.0 Å². The van der Waals surface area contributed by atoms with Gasteiger partial charge in [-0.3, -0.25) is 29.5 Å². The first kappa shape index (κ1) is 32.8. The Morgan fingerprint density at radius 3 is 2.26 bits per heavy atom. The number of hydrazine groups is 1. The van der Waals surface area contributed by atoms with Gasteiger partial charge in [0.2, 0.25) is 11.8 Å². The number of carbonyl (C=O) groups is 4. The first-order valence-electron chi connectivity index (χ1n) is 17.3. The summed E-state index contributed by atoms with van der Waals surface area (Å²) in [6.07, 6.45) is 7.29. The molecule has 6 atom stereocenters. The molecule has 2 heterocycles. The van der Waals surface area contributed by atoms with E-state index in [0.717, 1.165) is 42.7 Å². The van der Waals surface area contributed by atoms with E-state index in [1.54, 1.807) is 60.5 Å². The fourth-order valence-electron chi connectivity index (χ4n) is 9.61. The van der Waals surface area contributed by atoms with Crippen LogP contribution in [0.5, 0.6) is 11.5 Å². The molecule has 5 aliphatic rings. The van der Waals surface area contributed by atoms with Crippen LogP contribution < -0.4 is 10.2 Å². The zero-order chi connectivity index (χ0) is 34.9. The molecule has 0 spiro atoms. The molecule has 3 aromatic carbocycles. The standard InChI is InChI=1S/C39H37Cl2N3O6/c1-50-26-14-9-22(10-15-26)39-30(36(47)44(38(39)49)42-32-18-11-23(40)19-31(32)41)20-29-27(34(39)21-7-12-25(45)13-8-21)16-17-28-33(29)37(48)43(35(28)46)24-5-3-2-4-6-24/h7-16,18-19,24,28-30,33-34,42,45H,2-6,17,20H2,1H3/t28-,29+,30-,33-,34-,39+/m0/s1. The van der Waals surface area contributed by atoms with E-state index < -0.39 is 46.8 Å². The lowest BCUT2D eigenvalue weighted by atomic mass is 9.49. The number of imide groups is 2. The van der Waals surface area contributed by atoms with Crippen LogP contribution in [0.1, 0.15) is 62.0 Å². The minimum absolute atomic E-state index is 0.0584. The van der Waals surface area contributed by atoms with Gasteiger partial charge in [-0.25, -0.2) is 0 Å². The van der Waals surface area contributed by atoms with Gasteiger partial charge in [0.15, 0.2) is 0 Å². The average Bonchev–Trinajstić information content (AvgIpc) is 3.51. The van der Waals surface area contributed by atoms with E-state index >= 15 is 4.79 Å². The molecule has 0 unspecified atom stereocenters. The maximum Gasteiger partial charge on any atom is 0.260 e. The molecule has 0 aromatic heterocycles. The van der Waals surface area contributed by atoms with Crippen LogP contribution in [0.3, 0.4) is 0 Å². The fraction of sp³-hybridized carbons (Fsp3) is 0.385. The summed E-state index contributed by atoms with van der Waals surface area (Å²) in [6.45, 7) is 0. The average molecular weight is 715 g/mol. The number of likely N-dealkylation sites (tertiary alicyclic amines) is 1. The van der Waals surface area contributed by atoms with Crippen molar-refractivity contribution in [3.8, 4) is 11.5 Å². The maximum atomic E-state index is 15.3. The maximum absolute atomic E-state index is 15.3. The number of benzene rings is 3. The van der Waals surface area contributed by atoms with Crippen molar-refractivity contribution in [1.29, 1.82) is 0 Å². The second-order valence-electron chi connectivity index (χ2n) is 14.1. The highest BCUT2D eigenvalue weighted by Crippen LogP contribution is 2.64. The number of amides is 4. The van der Waals surface area contributed by atoms with Gasteiger partial charge in [0.25, 0.3) is 11.8 Å². The number of hydrogen-bond donors (Lipinski definition) is 2. The van der Waals surface area contributed by atoms with Crippen LogP contribution in [0.25, 0.3) is 0 Å². The molecule has 11 heteroatoms. The Labute approximate surface area is 300 Å². The first-order valence-corrected chi connectivity index (χ1v) is 18.0. The highest BCUT2D eigenvalue weighted by Gasteiger charge is 2.70. The number of carbonyl (C=O) groups excluding carboxylic acids is 4. The minimum atomic E-state index is -1.45. The number of phenols is 1. The van der Waals surface area contributed by atoms with Gasteiger partial charge in [-0.2, -0.15) is 5.01 Å². The zero-order valence-electron chi connectivity index (χ0n) is 27.5. The number of nitrogens with zero attached hydrogens (tertiary/aromatic N) is 2. The van der Waals surface area contributed by atoms with Crippen molar-refractivity contribution in [2.24, 2.45) is 23.7 Å². The van der Waals surface area contributed by atoms with Gasteiger partial charge in [-0.1, -0.05) is 78.4 Å². The molecule has 8 rings (SSSR count). The van der Waals surface area contributed by atoms with Crippen molar-refractivity contribution < 1.29 is 29.0 Å². The number of rotatable bonds is 6. The number of halogens is 2. The summed E-state index contributed by atoms with van der Waals surface area (Å²) in [5.74, 6) is -3.77. The zero-order valence-corrected chi connectivity index (χ0v) is 29.0. The Kier molecular flexibility index (Phi) is 8.18. The molecule has 4 fully saturated rings. The van der Waals surface area contributed by atoms with Crippen LogP contribution in [0, 0.1) is 23.7 Å². The number of anilines is 1. The van der Waals surface area contributed by atoms with Gasteiger partial charge < -0.3 is 9.84 Å². The molecular formula is C39H37Cl2N3O6. The van der Waals surface area contributed by atoms with E-state index in [9.17, 15) is 19.5 Å². The van der Waals surface area contributed by atoms with Crippen LogP contribution >= 0.6 is 23.2 Å². The van der Waals surface area contributed by atoms with Crippen LogP contribution in [0.2, 0.25) is 10.0 Å². The quantitative estimate of drug-likeness (QED) is 0.208. The van der Waals surface area contributed by atoms with Gasteiger partial charge in [0.1, 0.15) is 11.5 Å². The monoisotopic (exact) mass is 713 g/mol. The highest BCUT2D eigenvalue weighted by molar-refractivity contribution is 6.36. The van der Waals surface area contributed by atoms with Gasteiger partial charge in [-0.05, 0) is 85.2 Å². The molecule has 3 aliphatic carbocycles. The van der Waals surface area contributed by atoms with E-state index in [2.05, 4.69) is 5.43 Å². The molecule has 0 radical (unpaired) electrons. The second-order valence-corrected chi connectivity index (χ2v) is 15.0. The van der Waals surface area contributed by atoms with Gasteiger partial charge in [-0.15, -0.1) is 0 Å². The minimum Gasteiger partial charge on any atom is -0.508 e. The largest absolute Gasteiger partial charge is 0.508 e. The van der Waals surface area contributed by atoms with Crippen LogP contribution in [0.15, 0.2) is 78.4 Å². The molecule has 3 aromatic rings. The lowest BCUT2D eigenvalue weighted by Gasteiger charge is -2.50. The molecule has 9 nitrogen and oxygen atoms in total. The Bertz CT molecular complexity index is 1920. The number of phenolic OH excluding ortho intramolecular Hbond substituents is 1. The van der Waals surface area contributed by atoms with E-state index in [4.69, 9.17) is 27.9 Å². The summed E-state index contributed by atoms with van der Waals surface area (Å²) in [7, 11) is 1.56. The normalized spacial score (nSPS) is 29.4. The third-order valence-electron chi connectivity index (χ3n) is 11.8. The third-order valence-corrected chi connectivity index (χ3v) is 12.3. The molecular weight excluding hydrogens is 677 g/mol. The molecule has 2 N–H and O–H groups in total. The van der Waals surface area contributed by atoms with Gasteiger partial charge >= 0.3 is 0 Å². The van der Waals surface area contributed by atoms with Crippen molar-refractivity contribution in [3.63, 3.8) is 0 Å². The summed E-state index contributed by atoms with van der Waals surface area (Å²) < 4.78 is 5.46. The number of aromatic hydroxyl groups is 1. The number of methoxy groups -OCH3 is 1. The van der Waals surface area contributed by atoms with Crippen molar-refractivity contribution in [2.45, 2.75) is 62.3 Å². The molecule has 2 saturated heterocycles. The topological polar surface area (TPSA) is 116 Å². The fourth-order valence-corrected chi connectivity index (χ4v) is 10.1. The number of hydrogen-bond acceptors (Lipinski definition) is 7. The van der Waals surface area contributed by atoms with E-state index in [0.29, 0.717) is 34.0 Å². The lowest BCUT2D eigenvalue weighted by molar-refractivity contribution is -0.144. The molecule has 258 valence electrons. The van der Waals surface area contributed by atoms with Gasteiger partial charge in [0, 0.05) is 17.0 Å².